The Labute approximate surface area is 181 Å². The molecule has 0 saturated carbocycles. The molecule has 0 unspecified atom stereocenters. The molecule has 166 valence electrons. The summed E-state index contributed by atoms with van der Waals surface area (Å²) in [6, 6.07) is 7.32. The number of alkyl halides is 2. The van der Waals surface area contributed by atoms with Gasteiger partial charge < -0.3 is 18.9 Å². The van der Waals surface area contributed by atoms with Gasteiger partial charge in [0.15, 0.2) is 18.1 Å². The second kappa shape index (κ2) is 11.1. The van der Waals surface area contributed by atoms with E-state index in [1.807, 2.05) is 5.32 Å². The smallest absolute Gasteiger partial charge is 0.387 e. The van der Waals surface area contributed by atoms with Crippen LogP contribution in [0.1, 0.15) is 27.6 Å². The predicted octanol–water partition coefficient (Wildman–Crippen LogP) is 3.46. The molecule has 2 aromatic carbocycles. The fourth-order valence-corrected chi connectivity index (χ4v) is 2.62. The summed E-state index contributed by atoms with van der Waals surface area (Å²) in [6.07, 6.45) is 0. The zero-order chi connectivity index (χ0) is 23.0. The highest BCUT2D eigenvalue weighted by atomic mass is 35.5. The van der Waals surface area contributed by atoms with Crippen molar-refractivity contribution >= 4 is 29.4 Å². The Hall–Kier alpha value is -3.40. The van der Waals surface area contributed by atoms with Gasteiger partial charge in [0.1, 0.15) is 5.75 Å². The van der Waals surface area contributed by atoms with Crippen molar-refractivity contribution in [3.63, 3.8) is 0 Å². The fraction of sp³-hybridized carbons (Fsp3) is 0.250. The molecule has 0 heterocycles. The first-order valence-corrected chi connectivity index (χ1v) is 9.19. The molecule has 2 amide bonds. The van der Waals surface area contributed by atoms with E-state index in [9.17, 15) is 23.2 Å². The molecule has 0 bridgehead atoms. The van der Waals surface area contributed by atoms with E-state index >= 15 is 0 Å². The Morgan fingerprint density at radius 3 is 2.35 bits per heavy atom. The van der Waals surface area contributed by atoms with E-state index in [1.165, 1.54) is 31.4 Å². The molecule has 8 nitrogen and oxygen atoms in total. The number of benzene rings is 2. The lowest BCUT2D eigenvalue weighted by Gasteiger charge is -2.13. The van der Waals surface area contributed by atoms with Crippen LogP contribution in [-0.4, -0.2) is 44.7 Å². The molecule has 0 aliphatic heterocycles. The van der Waals surface area contributed by atoms with Gasteiger partial charge in [-0.2, -0.15) is 8.78 Å². The predicted molar refractivity (Wildman–Crippen MR) is 105 cm³/mol. The van der Waals surface area contributed by atoms with Gasteiger partial charge in [-0.25, -0.2) is 4.79 Å². The summed E-state index contributed by atoms with van der Waals surface area (Å²) in [5.41, 5.74) is 0.0309. The molecular formula is C20H18ClF2NO7. The van der Waals surface area contributed by atoms with Gasteiger partial charge in [-0.05, 0) is 43.3 Å². The van der Waals surface area contributed by atoms with Gasteiger partial charge in [0, 0.05) is 5.56 Å². The summed E-state index contributed by atoms with van der Waals surface area (Å²) < 4.78 is 43.8. The molecule has 0 aliphatic carbocycles. The van der Waals surface area contributed by atoms with Gasteiger partial charge in [0.25, 0.3) is 11.8 Å². The van der Waals surface area contributed by atoms with Crippen LogP contribution in [0.3, 0.4) is 0 Å². The largest absolute Gasteiger partial charge is 0.493 e. The molecule has 0 spiro atoms. The number of hydrogen-bond donors (Lipinski definition) is 1. The highest BCUT2D eigenvalue weighted by molar-refractivity contribution is 6.32. The van der Waals surface area contributed by atoms with Crippen molar-refractivity contribution in [2.75, 3.05) is 20.3 Å². The average Bonchev–Trinajstić information content (AvgIpc) is 2.73. The lowest BCUT2D eigenvalue weighted by molar-refractivity contribution is -0.123. The van der Waals surface area contributed by atoms with Crippen LogP contribution in [-0.2, 0) is 9.53 Å². The lowest BCUT2D eigenvalue weighted by Crippen LogP contribution is -2.34. The Morgan fingerprint density at radius 2 is 1.77 bits per heavy atom. The number of esters is 1. The van der Waals surface area contributed by atoms with Crippen LogP contribution in [0.25, 0.3) is 0 Å². The van der Waals surface area contributed by atoms with E-state index in [2.05, 4.69) is 4.74 Å². The van der Waals surface area contributed by atoms with Crippen molar-refractivity contribution in [1.29, 1.82) is 0 Å². The van der Waals surface area contributed by atoms with Crippen LogP contribution < -0.4 is 19.5 Å². The van der Waals surface area contributed by atoms with Crippen molar-refractivity contribution < 1.29 is 42.1 Å². The number of nitrogens with one attached hydrogen (secondary N) is 1. The molecule has 0 atom stereocenters. The molecule has 0 saturated heterocycles. The first-order chi connectivity index (χ1) is 14.7. The van der Waals surface area contributed by atoms with E-state index in [4.69, 9.17) is 25.8 Å². The molecule has 2 rings (SSSR count). The third kappa shape index (κ3) is 6.82. The molecule has 0 radical (unpaired) electrons. The van der Waals surface area contributed by atoms with Crippen LogP contribution in [0.2, 0.25) is 5.02 Å². The maximum atomic E-state index is 12.2. The first-order valence-electron chi connectivity index (χ1n) is 8.81. The van der Waals surface area contributed by atoms with Crippen LogP contribution in [0.4, 0.5) is 8.78 Å². The van der Waals surface area contributed by atoms with Gasteiger partial charge in [0.05, 0.1) is 24.3 Å². The number of hydrogen-bond acceptors (Lipinski definition) is 7. The van der Waals surface area contributed by atoms with E-state index < -0.39 is 31.0 Å². The summed E-state index contributed by atoms with van der Waals surface area (Å²) >= 11 is 6.09. The van der Waals surface area contributed by atoms with Crippen molar-refractivity contribution in [1.82, 2.24) is 5.32 Å². The molecule has 0 fully saturated rings. The molecule has 2 aromatic rings. The minimum Gasteiger partial charge on any atom is -0.493 e. The van der Waals surface area contributed by atoms with E-state index in [-0.39, 0.29) is 33.4 Å². The van der Waals surface area contributed by atoms with Crippen LogP contribution in [0, 0.1) is 0 Å². The number of amides is 2. The highest BCUT2D eigenvalue weighted by Crippen LogP contribution is 2.36. The minimum absolute atomic E-state index is 0.0130. The molecular weight excluding hydrogens is 440 g/mol. The van der Waals surface area contributed by atoms with Crippen LogP contribution in [0.5, 0.6) is 17.2 Å². The first kappa shape index (κ1) is 23.9. The van der Waals surface area contributed by atoms with Gasteiger partial charge in [-0.3, -0.25) is 14.9 Å². The fourth-order valence-electron chi connectivity index (χ4n) is 2.36. The third-order valence-electron chi connectivity index (χ3n) is 3.68. The SMILES string of the molecule is CCOc1c(Cl)cc(C(=O)OCC(=O)NC(=O)c2ccc(OC(F)F)cc2)cc1OC. The second-order valence-corrected chi connectivity index (χ2v) is 6.19. The second-order valence-electron chi connectivity index (χ2n) is 5.78. The number of ether oxygens (including phenoxy) is 4. The molecule has 1 N–H and O–H groups in total. The highest BCUT2D eigenvalue weighted by Gasteiger charge is 2.18. The zero-order valence-electron chi connectivity index (χ0n) is 16.4. The number of halogens is 3. The minimum atomic E-state index is -3.00. The summed E-state index contributed by atoms with van der Waals surface area (Å²) in [5.74, 6) is -2.25. The van der Waals surface area contributed by atoms with Gasteiger partial charge >= 0.3 is 12.6 Å². The standard InChI is InChI=1S/C20H18ClF2NO7/c1-3-29-17-14(21)8-12(9-15(17)28-2)19(27)30-10-16(25)24-18(26)11-4-6-13(7-5-11)31-20(22)23/h4-9,20H,3,10H2,1-2H3,(H,24,25,26). The van der Waals surface area contributed by atoms with Crippen LogP contribution >= 0.6 is 11.6 Å². The Balaban J connectivity index is 1.94. The molecule has 0 aliphatic rings. The maximum absolute atomic E-state index is 12.2. The topological polar surface area (TPSA) is 100 Å². The van der Waals surface area contributed by atoms with E-state index in [0.717, 1.165) is 12.1 Å². The Bertz CT molecular complexity index is 951. The van der Waals surface area contributed by atoms with E-state index in [1.54, 1.807) is 6.92 Å². The number of carbonyl (C=O) groups excluding carboxylic acids is 3. The average molecular weight is 458 g/mol. The summed E-state index contributed by atoms with van der Waals surface area (Å²) in [6.45, 7) is -1.66. The number of rotatable bonds is 9. The Kier molecular flexibility index (Phi) is 8.56. The van der Waals surface area contributed by atoms with Crippen molar-refractivity contribution in [3.8, 4) is 17.2 Å². The lowest BCUT2D eigenvalue weighted by atomic mass is 10.2. The number of imide groups is 1. The molecule has 0 aromatic heterocycles. The zero-order valence-corrected chi connectivity index (χ0v) is 17.2. The van der Waals surface area contributed by atoms with Crippen LogP contribution in [0.15, 0.2) is 36.4 Å². The monoisotopic (exact) mass is 457 g/mol. The summed E-state index contributed by atoms with van der Waals surface area (Å²) in [5, 5.41) is 2.13. The maximum Gasteiger partial charge on any atom is 0.387 e. The van der Waals surface area contributed by atoms with Crippen molar-refractivity contribution in [2.45, 2.75) is 13.5 Å². The normalized spacial score (nSPS) is 10.4. The van der Waals surface area contributed by atoms with Gasteiger partial charge in [-0.15, -0.1) is 0 Å². The summed E-state index contributed by atoms with van der Waals surface area (Å²) in [7, 11) is 1.37. The van der Waals surface area contributed by atoms with Gasteiger partial charge in [0.2, 0.25) is 0 Å². The quantitative estimate of drug-likeness (QED) is 0.575. The molecule has 11 heteroatoms. The third-order valence-corrected chi connectivity index (χ3v) is 3.96. The Morgan fingerprint density at radius 1 is 1.10 bits per heavy atom. The number of carbonyl (C=O) groups is 3. The number of methoxy groups -OCH3 is 1. The van der Waals surface area contributed by atoms with Gasteiger partial charge in [-0.1, -0.05) is 11.6 Å². The van der Waals surface area contributed by atoms with Crippen molar-refractivity contribution in [2.24, 2.45) is 0 Å². The van der Waals surface area contributed by atoms with Crippen molar-refractivity contribution in [3.05, 3.63) is 52.5 Å². The van der Waals surface area contributed by atoms with E-state index in [0.29, 0.717) is 6.61 Å². The summed E-state index contributed by atoms with van der Waals surface area (Å²) in [4.78, 5) is 36.1. The molecule has 31 heavy (non-hydrogen) atoms.